The van der Waals surface area contributed by atoms with Gasteiger partial charge in [-0.05, 0) is 45.2 Å². The summed E-state index contributed by atoms with van der Waals surface area (Å²) in [5.74, 6) is 0.861. The van der Waals surface area contributed by atoms with Gasteiger partial charge in [0.25, 0.3) is 0 Å². The molecule has 0 saturated heterocycles. The Kier molecular flexibility index (Phi) is 8.57. The van der Waals surface area contributed by atoms with Crippen molar-refractivity contribution in [3.8, 4) is 0 Å². The van der Waals surface area contributed by atoms with Crippen LogP contribution >= 0.6 is 0 Å². The molecule has 0 aliphatic carbocycles. The molecule has 0 aromatic rings. The summed E-state index contributed by atoms with van der Waals surface area (Å²) in [5, 5.41) is 3.35. The zero-order chi connectivity index (χ0) is 9.23. The van der Waals surface area contributed by atoms with E-state index < -0.39 is 0 Å². The van der Waals surface area contributed by atoms with Crippen LogP contribution in [0.5, 0.6) is 0 Å². The topological polar surface area (TPSA) is 12.0 Å². The first-order valence-electron chi connectivity index (χ1n) is 5.13. The van der Waals surface area contributed by atoms with E-state index in [0.717, 1.165) is 12.5 Å². The van der Waals surface area contributed by atoms with E-state index in [4.69, 9.17) is 0 Å². The minimum Gasteiger partial charge on any atom is -0.317 e. The molecule has 1 N–H and O–H groups in total. The van der Waals surface area contributed by atoms with Gasteiger partial charge in [0.05, 0.1) is 0 Å². The predicted molar refractivity (Wildman–Crippen MR) is 56.4 cm³/mol. The summed E-state index contributed by atoms with van der Waals surface area (Å²) in [6.45, 7) is 8.85. The van der Waals surface area contributed by atoms with Gasteiger partial charge in [0.15, 0.2) is 0 Å². The van der Waals surface area contributed by atoms with E-state index in [1.165, 1.54) is 25.8 Å². The average molecular weight is 169 g/mol. The molecule has 12 heavy (non-hydrogen) atoms. The first-order chi connectivity index (χ1) is 5.81. The molecule has 1 unspecified atom stereocenters. The van der Waals surface area contributed by atoms with Gasteiger partial charge in [0, 0.05) is 0 Å². The lowest BCUT2D eigenvalue weighted by atomic mass is 10.0. The third-order valence-electron chi connectivity index (χ3n) is 2.13. The minimum atomic E-state index is 0.861. The number of rotatable bonds is 7. The molecule has 1 nitrogen and oxygen atoms in total. The number of nitrogens with one attached hydrogen (secondary N) is 1. The number of hydrogen-bond donors (Lipinski definition) is 1. The second-order valence-electron chi connectivity index (χ2n) is 3.39. The Balaban J connectivity index is 3.15. The fourth-order valence-electron chi connectivity index (χ4n) is 1.22. The van der Waals surface area contributed by atoms with Crippen molar-refractivity contribution in [3.63, 3.8) is 0 Å². The summed E-state index contributed by atoms with van der Waals surface area (Å²) in [4.78, 5) is 0. The van der Waals surface area contributed by atoms with E-state index in [1.54, 1.807) is 0 Å². The van der Waals surface area contributed by atoms with Gasteiger partial charge in [0.1, 0.15) is 0 Å². The van der Waals surface area contributed by atoms with Crippen LogP contribution in [0, 0.1) is 5.92 Å². The van der Waals surface area contributed by atoms with Gasteiger partial charge in [-0.3, -0.25) is 0 Å². The molecule has 1 heteroatoms. The van der Waals surface area contributed by atoms with Crippen molar-refractivity contribution in [2.45, 2.75) is 40.0 Å². The molecular formula is C11H23N. The third kappa shape index (κ3) is 7.80. The fourth-order valence-corrected chi connectivity index (χ4v) is 1.22. The molecule has 0 fully saturated rings. The second kappa shape index (κ2) is 8.79. The predicted octanol–water partition coefficient (Wildman–Crippen LogP) is 2.98. The Hall–Kier alpha value is -0.300. The molecule has 0 saturated carbocycles. The Morgan fingerprint density at radius 2 is 2.08 bits per heavy atom. The average Bonchev–Trinajstić information content (AvgIpc) is 2.06. The molecule has 72 valence electrons. The maximum atomic E-state index is 3.35. The summed E-state index contributed by atoms with van der Waals surface area (Å²) >= 11 is 0. The molecule has 1 atom stereocenters. The van der Waals surface area contributed by atoms with Gasteiger partial charge in [-0.1, -0.05) is 26.0 Å². The standard InChI is InChI=1S/C11H23N/c1-4-6-7-8-11(3)9-10-12-5-2/h4,6,11-12H,5,7-10H2,1-3H3. The highest BCUT2D eigenvalue weighted by molar-refractivity contribution is 4.77. The summed E-state index contributed by atoms with van der Waals surface area (Å²) in [7, 11) is 0. The summed E-state index contributed by atoms with van der Waals surface area (Å²) in [6.07, 6.45) is 8.27. The lowest BCUT2D eigenvalue weighted by molar-refractivity contribution is 0.478. The first-order valence-corrected chi connectivity index (χ1v) is 5.13. The molecule has 0 amide bonds. The number of allylic oxidation sites excluding steroid dienone is 2. The Labute approximate surface area is 77.2 Å². The molecule has 0 bridgehead atoms. The third-order valence-corrected chi connectivity index (χ3v) is 2.13. The summed E-state index contributed by atoms with van der Waals surface area (Å²) in [6, 6.07) is 0. The maximum Gasteiger partial charge on any atom is -0.00465 e. The van der Waals surface area contributed by atoms with Crippen molar-refractivity contribution in [2.24, 2.45) is 5.92 Å². The van der Waals surface area contributed by atoms with E-state index in [0.29, 0.717) is 0 Å². The quantitative estimate of drug-likeness (QED) is 0.456. The highest BCUT2D eigenvalue weighted by Gasteiger charge is 1.98. The lowest BCUT2D eigenvalue weighted by Crippen LogP contribution is -2.16. The molecule has 0 aromatic carbocycles. The Morgan fingerprint density at radius 3 is 2.67 bits per heavy atom. The van der Waals surface area contributed by atoms with Crippen LogP contribution in [0.25, 0.3) is 0 Å². The van der Waals surface area contributed by atoms with Crippen LogP contribution in [0.4, 0.5) is 0 Å². The highest BCUT2D eigenvalue weighted by atomic mass is 14.8. The molecule has 0 radical (unpaired) electrons. The van der Waals surface area contributed by atoms with E-state index in [-0.39, 0.29) is 0 Å². The SMILES string of the molecule is CC=CCCC(C)CCNCC. The van der Waals surface area contributed by atoms with Crippen LogP contribution in [0.15, 0.2) is 12.2 Å². The smallest absolute Gasteiger partial charge is 0.00465 e. The normalized spacial score (nSPS) is 13.9. The van der Waals surface area contributed by atoms with Crippen molar-refractivity contribution in [1.82, 2.24) is 5.32 Å². The largest absolute Gasteiger partial charge is 0.317 e. The number of hydrogen-bond acceptors (Lipinski definition) is 1. The molecule has 0 aliphatic rings. The minimum absolute atomic E-state index is 0.861. The fraction of sp³-hybridized carbons (Fsp3) is 0.818. The van der Waals surface area contributed by atoms with Gasteiger partial charge in [-0.2, -0.15) is 0 Å². The van der Waals surface area contributed by atoms with Crippen LogP contribution in [0.3, 0.4) is 0 Å². The van der Waals surface area contributed by atoms with Crippen molar-refractivity contribution < 1.29 is 0 Å². The van der Waals surface area contributed by atoms with Crippen molar-refractivity contribution in [1.29, 1.82) is 0 Å². The molecule has 0 spiro atoms. The van der Waals surface area contributed by atoms with Gasteiger partial charge >= 0.3 is 0 Å². The van der Waals surface area contributed by atoms with E-state index in [9.17, 15) is 0 Å². The van der Waals surface area contributed by atoms with E-state index in [2.05, 4.69) is 38.2 Å². The lowest BCUT2D eigenvalue weighted by Gasteiger charge is -2.09. The molecule has 0 aromatic heterocycles. The van der Waals surface area contributed by atoms with Crippen LogP contribution in [-0.4, -0.2) is 13.1 Å². The van der Waals surface area contributed by atoms with E-state index in [1.807, 2.05) is 0 Å². The summed E-state index contributed by atoms with van der Waals surface area (Å²) < 4.78 is 0. The van der Waals surface area contributed by atoms with Crippen LogP contribution in [0.1, 0.15) is 40.0 Å². The summed E-state index contributed by atoms with van der Waals surface area (Å²) in [5.41, 5.74) is 0. The maximum absolute atomic E-state index is 3.35. The second-order valence-corrected chi connectivity index (χ2v) is 3.39. The molecular weight excluding hydrogens is 146 g/mol. The van der Waals surface area contributed by atoms with Crippen LogP contribution in [-0.2, 0) is 0 Å². The Morgan fingerprint density at radius 1 is 1.33 bits per heavy atom. The van der Waals surface area contributed by atoms with Crippen LogP contribution in [0.2, 0.25) is 0 Å². The van der Waals surface area contributed by atoms with Crippen molar-refractivity contribution in [2.75, 3.05) is 13.1 Å². The van der Waals surface area contributed by atoms with E-state index >= 15 is 0 Å². The van der Waals surface area contributed by atoms with Crippen molar-refractivity contribution in [3.05, 3.63) is 12.2 Å². The monoisotopic (exact) mass is 169 g/mol. The molecule has 0 rings (SSSR count). The molecule has 0 heterocycles. The van der Waals surface area contributed by atoms with Gasteiger partial charge < -0.3 is 5.32 Å². The zero-order valence-electron chi connectivity index (χ0n) is 8.77. The highest BCUT2D eigenvalue weighted by Crippen LogP contribution is 2.09. The molecule has 0 aliphatic heterocycles. The van der Waals surface area contributed by atoms with Crippen molar-refractivity contribution >= 4 is 0 Å². The van der Waals surface area contributed by atoms with Gasteiger partial charge in [-0.15, -0.1) is 0 Å². The van der Waals surface area contributed by atoms with Gasteiger partial charge in [-0.25, -0.2) is 0 Å². The van der Waals surface area contributed by atoms with Gasteiger partial charge in [0.2, 0.25) is 0 Å². The first kappa shape index (κ1) is 11.7. The zero-order valence-corrected chi connectivity index (χ0v) is 8.77. The van der Waals surface area contributed by atoms with Crippen LogP contribution < -0.4 is 5.32 Å². The Bertz CT molecular complexity index is 108.